The summed E-state index contributed by atoms with van der Waals surface area (Å²) in [6.45, 7) is 0. The molecule has 1 atom stereocenters. The van der Waals surface area contributed by atoms with Crippen LogP contribution in [0.3, 0.4) is 0 Å². The van der Waals surface area contributed by atoms with Gasteiger partial charge in [-0.25, -0.2) is 4.39 Å². The molecule has 0 saturated heterocycles. The maximum Gasteiger partial charge on any atom is 0.311 e. The van der Waals surface area contributed by atoms with Crippen LogP contribution >= 0.6 is 0 Å². The molecule has 0 bridgehead atoms. The molecule has 0 spiro atoms. The first-order valence-corrected chi connectivity index (χ1v) is 5.33. The fraction of sp³-hybridized carbons (Fsp3) is 0.417. The Balaban J connectivity index is 2.29. The number of benzene rings is 1. The first-order chi connectivity index (χ1) is 8.01. The van der Waals surface area contributed by atoms with Crippen molar-refractivity contribution in [2.24, 2.45) is 11.1 Å². The van der Waals surface area contributed by atoms with Gasteiger partial charge in [0.15, 0.2) is 11.6 Å². The number of hydrogen-bond donors (Lipinski definition) is 2. The summed E-state index contributed by atoms with van der Waals surface area (Å²) < 4.78 is 18.3. The molecule has 1 aliphatic carbocycles. The molecular formula is C12H14FNO3. The summed E-state index contributed by atoms with van der Waals surface area (Å²) in [6.07, 6.45) is 1.08. The van der Waals surface area contributed by atoms with E-state index in [1.165, 1.54) is 19.2 Å². The molecule has 17 heavy (non-hydrogen) atoms. The zero-order valence-corrected chi connectivity index (χ0v) is 9.44. The molecule has 0 radical (unpaired) electrons. The van der Waals surface area contributed by atoms with Gasteiger partial charge in [-0.05, 0) is 30.5 Å². The molecule has 3 N–H and O–H groups in total. The van der Waals surface area contributed by atoms with Gasteiger partial charge in [-0.3, -0.25) is 4.79 Å². The third-order valence-electron chi connectivity index (χ3n) is 3.34. The van der Waals surface area contributed by atoms with E-state index >= 15 is 0 Å². The lowest BCUT2D eigenvalue weighted by Gasteiger charge is -2.19. The van der Waals surface area contributed by atoms with Gasteiger partial charge in [-0.1, -0.05) is 6.07 Å². The molecule has 1 unspecified atom stereocenters. The van der Waals surface area contributed by atoms with Crippen molar-refractivity contribution in [2.75, 3.05) is 7.11 Å². The van der Waals surface area contributed by atoms with Crippen molar-refractivity contribution >= 4 is 5.97 Å². The molecule has 92 valence electrons. The van der Waals surface area contributed by atoms with E-state index < -0.39 is 23.2 Å². The van der Waals surface area contributed by atoms with Crippen molar-refractivity contribution < 1.29 is 19.0 Å². The molecule has 1 aromatic rings. The monoisotopic (exact) mass is 239 g/mol. The summed E-state index contributed by atoms with van der Waals surface area (Å²) in [5, 5.41) is 9.11. The van der Waals surface area contributed by atoms with Crippen LogP contribution in [0.4, 0.5) is 4.39 Å². The van der Waals surface area contributed by atoms with Crippen LogP contribution in [0.2, 0.25) is 0 Å². The van der Waals surface area contributed by atoms with Crippen LogP contribution in [0.1, 0.15) is 24.4 Å². The van der Waals surface area contributed by atoms with E-state index in [9.17, 15) is 9.18 Å². The zero-order chi connectivity index (χ0) is 12.6. The van der Waals surface area contributed by atoms with Crippen LogP contribution in [0.5, 0.6) is 5.75 Å². The molecule has 5 heteroatoms. The van der Waals surface area contributed by atoms with Crippen LogP contribution in [0.25, 0.3) is 0 Å². The number of carboxylic acid groups (broad SMARTS) is 1. The van der Waals surface area contributed by atoms with Crippen molar-refractivity contribution in [1.29, 1.82) is 0 Å². The number of rotatable bonds is 4. The minimum absolute atomic E-state index is 0.126. The number of hydrogen-bond acceptors (Lipinski definition) is 3. The lowest BCUT2D eigenvalue weighted by molar-refractivity contribution is -0.144. The van der Waals surface area contributed by atoms with Crippen molar-refractivity contribution in [3.05, 3.63) is 29.6 Å². The summed E-state index contributed by atoms with van der Waals surface area (Å²) in [4.78, 5) is 11.1. The van der Waals surface area contributed by atoms with E-state index in [1.807, 2.05) is 0 Å². The Morgan fingerprint density at radius 1 is 1.59 bits per heavy atom. The van der Waals surface area contributed by atoms with Crippen LogP contribution < -0.4 is 10.5 Å². The smallest absolute Gasteiger partial charge is 0.311 e. The molecule has 0 heterocycles. The Morgan fingerprint density at radius 3 is 2.65 bits per heavy atom. The third kappa shape index (κ3) is 1.86. The van der Waals surface area contributed by atoms with Gasteiger partial charge >= 0.3 is 5.97 Å². The second kappa shape index (κ2) is 4.00. The Bertz CT molecular complexity index is 457. The second-order valence-corrected chi connectivity index (χ2v) is 4.33. The Labute approximate surface area is 98.2 Å². The molecule has 1 saturated carbocycles. The lowest BCUT2D eigenvalue weighted by atomic mass is 9.91. The molecule has 0 aliphatic heterocycles. The number of carbonyl (C=O) groups is 1. The number of carboxylic acids is 1. The number of ether oxygens (including phenoxy) is 1. The predicted octanol–water partition coefficient (Wildman–Crippen LogP) is 1.70. The fourth-order valence-electron chi connectivity index (χ4n) is 1.99. The minimum atomic E-state index is -0.916. The summed E-state index contributed by atoms with van der Waals surface area (Å²) in [7, 11) is 1.37. The Hall–Kier alpha value is -1.62. The van der Waals surface area contributed by atoms with Crippen LogP contribution in [0.15, 0.2) is 18.2 Å². The highest BCUT2D eigenvalue weighted by Gasteiger charge is 2.55. The minimum Gasteiger partial charge on any atom is -0.494 e. The number of methoxy groups -OCH3 is 1. The summed E-state index contributed by atoms with van der Waals surface area (Å²) in [5.41, 5.74) is 5.48. The van der Waals surface area contributed by atoms with E-state index in [4.69, 9.17) is 15.6 Å². The normalized spacial score (nSPS) is 18.5. The molecule has 2 rings (SSSR count). The van der Waals surface area contributed by atoms with E-state index in [1.54, 1.807) is 6.07 Å². The number of aliphatic carboxylic acids is 1. The van der Waals surface area contributed by atoms with Gasteiger partial charge in [0.2, 0.25) is 0 Å². The predicted molar refractivity (Wildman–Crippen MR) is 59.2 cm³/mol. The zero-order valence-electron chi connectivity index (χ0n) is 9.44. The van der Waals surface area contributed by atoms with Gasteiger partial charge in [0.25, 0.3) is 0 Å². The van der Waals surface area contributed by atoms with Gasteiger partial charge in [0, 0.05) is 6.04 Å². The highest BCUT2D eigenvalue weighted by Crippen LogP contribution is 2.54. The van der Waals surface area contributed by atoms with E-state index in [2.05, 4.69) is 0 Å². The van der Waals surface area contributed by atoms with Gasteiger partial charge in [-0.2, -0.15) is 0 Å². The molecule has 0 aromatic heterocycles. The molecule has 1 fully saturated rings. The fourth-order valence-corrected chi connectivity index (χ4v) is 1.99. The van der Waals surface area contributed by atoms with E-state index in [0.29, 0.717) is 18.4 Å². The molecule has 1 aliphatic rings. The van der Waals surface area contributed by atoms with Crippen LogP contribution in [-0.4, -0.2) is 18.2 Å². The quantitative estimate of drug-likeness (QED) is 0.838. The third-order valence-corrected chi connectivity index (χ3v) is 3.34. The highest BCUT2D eigenvalue weighted by molar-refractivity contribution is 5.79. The summed E-state index contributed by atoms with van der Waals surface area (Å²) >= 11 is 0. The van der Waals surface area contributed by atoms with Crippen molar-refractivity contribution in [2.45, 2.75) is 18.9 Å². The SMILES string of the molecule is COc1ccc(C(N)C2(C(=O)O)CC2)cc1F. The van der Waals surface area contributed by atoms with Gasteiger partial charge < -0.3 is 15.6 Å². The van der Waals surface area contributed by atoms with Crippen molar-refractivity contribution in [3.8, 4) is 5.75 Å². The van der Waals surface area contributed by atoms with Gasteiger partial charge in [0.05, 0.1) is 12.5 Å². The number of halogens is 1. The first-order valence-electron chi connectivity index (χ1n) is 5.33. The van der Waals surface area contributed by atoms with Crippen molar-refractivity contribution in [3.63, 3.8) is 0 Å². The molecule has 1 aromatic carbocycles. The molecular weight excluding hydrogens is 225 g/mol. The average molecular weight is 239 g/mol. The van der Waals surface area contributed by atoms with Gasteiger partial charge in [-0.15, -0.1) is 0 Å². The Morgan fingerprint density at radius 2 is 2.24 bits per heavy atom. The van der Waals surface area contributed by atoms with E-state index in [-0.39, 0.29) is 5.75 Å². The van der Waals surface area contributed by atoms with Crippen LogP contribution in [-0.2, 0) is 4.79 Å². The highest BCUT2D eigenvalue weighted by atomic mass is 19.1. The summed E-state index contributed by atoms with van der Waals surface area (Å²) in [6, 6.07) is 3.63. The lowest BCUT2D eigenvalue weighted by Crippen LogP contribution is -2.29. The topological polar surface area (TPSA) is 72.5 Å². The largest absolute Gasteiger partial charge is 0.494 e. The maximum atomic E-state index is 13.5. The summed E-state index contributed by atoms with van der Waals surface area (Å²) in [5.74, 6) is -1.32. The van der Waals surface area contributed by atoms with Crippen molar-refractivity contribution in [1.82, 2.24) is 0 Å². The average Bonchev–Trinajstić information content (AvgIpc) is 3.09. The Kier molecular flexibility index (Phi) is 2.79. The van der Waals surface area contributed by atoms with Crippen LogP contribution in [0, 0.1) is 11.2 Å². The first kappa shape index (κ1) is 11.9. The molecule has 4 nitrogen and oxygen atoms in total. The maximum absolute atomic E-state index is 13.5. The molecule has 0 amide bonds. The van der Waals surface area contributed by atoms with E-state index in [0.717, 1.165) is 0 Å². The van der Waals surface area contributed by atoms with Gasteiger partial charge in [0.1, 0.15) is 0 Å². The number of nitrogens with two attached hydrogens (primary N) is 1. The second-order valence-electron chi connectivity index (χ2n) is 4.33. The standard InChI is InChI=1S/C12H14FNO3/c1-17-9-3-2-7(6-8(9)13)10(14)12(4-5-12)11(15)16/h2-3,6,10H,4-5,14H2,1H3,(H,15,16).